The largest absolute Gasteiger partial charge is 0.460 e. The van der Waals surface area contributed by atoms with E-state index in [1.54, 1.807) is 6.92 Å². The van der Waals surface area contributed by atoms with E-state index in [9.17, 15) is 9.90 Å². The Labute approximate surface area is 163 Å². The van der Waals surface area contributed by atoms with Crippen LogP contribution in [0.4, 0.5) is 0 Å². The second kappa shape index (κ2) is 12.2. The van der Waals surface area contributed by atoms with Gasteiger partial charge in [0.05, 0.1) is 6.61 Å². The summed E-state index contributed by atoms with van der Waals surface area (Å²) < 4.78 is 22.6. The fourth-order valence-corrected chi connectivity index (χ4v) is 6.56. The number of carbonyl (C=O) groups excluding carboxylic acids is 1. The van der Waals surface area contributed by atoms with E-state index in [-0.39, 0.29) is 19.1 Å². The van der Waals surface area contributed by atoms with E-state index in [0.29, 0.717) is 21.7 Å². The Morgan fingerprint density at radius 1 is 1.08 bits per heavy atom. The van der Waals surface area contributed by atoms with Gasteiger partial charge in [-0.1, -0.05) is 12.6 Å². The molecule has 0 saturated carbocycles. The summed E-state index contributed by atoms with van der Waals surface area (Å²) in [6.07, 6.45) is 0.0519. The third kappa shape index (κ3) is 15.9. The van der Waals surface area contributed by atoms with Gasteiger partial charge in [0.2, 0.25) is 0 Å². The lowest BCUT2D eigenvalue weighted by Gasteiger charge is -2.31. The first-order valence-corrected chi connectivity index (χ1v) is 17.1. The van der Waals surface area contributed by atoms with E-state index in [4.69, 9.17) is 18.3 Å². The Morgan fingerprint density at radius 3 is 2.08 bits per heavy atom. The van der Waals surface area contributed by atoms with Crippen LogP contribution in [0.2, 0.25) is 45.3 Å². The van der Waals surface area contributed by atoms with Crippen LogP contribution >= 0.6 is 0 Å². The van der Waals surface area contributed by atoms with Gasteiger partial charge in [-0.15, -0.1) is 0 Å². The predicted octanol–water partition coefficient (Wildman–Crippen LogP) is 2.98. The van der Waals surface area contributed by atoms with E-state index >= 15 is 0 Å². The Kier molecular flexibility index (Phi) is 12.1. The van der Waals surface area contributed by atoms with Crippen LogP contribution < -0.4 is 0 Å². The Hall–Kier alpha value is -0.299. The summed E-state index contributed by atoms with van der Waals surface area (Å²) >= 11 is 0. The standard InChI is InChI=1S/C17H36O6Si3/c1-14(2)16(19)21-13-15(18)12-20-10-9-11-24-17(22-25(3,4)5)23-26(6,7)8/h15,17-18H,1,9-13H2,2-8H3. The first-order valence-electron chi connectivity index (χ1n) is 8.97. The SMILES string of the molecule is C=C(C)C(=O)OCC(O)COCCC[Si]C(O[Si](C)(C)C)O[Si](C)(C)C. The van der Waals surface area contributed by atoms with Crippen molar-refractivity contribution in [2.75, 3.05) is 19.8 Å². The molecule has 1 atom stereocenters. The molecule has 0 bridgehead atoms. The molecule has 0 spiro atoms. The highest BCUT2D eigenvalue weighted by atomic mass is 28.4. The smallest absolute Gasteiger partial charge is 0.333 e. The molecule has 0 fully saturated rings. The molecule has 0 aromatic rings. The molecule has 152 valence electrons. The van der Waals surface area contributed by atoms with Crippen molar-refractivity contribution in [1.29, 1.82) is 0 Å². The average molecular weight is 421 g/mol. The molecule has 2 radical (unpaired) electrons. The van der Waals surface area contributed by atoms with Crippen LogP contribution in [-0.4, -0.2) is 69.1 Å². The lowest BCUT2D eigenvalue weighted by Crippen LogP contribution is -2.43. The second-order valence-corrected chi connectivity index (χ2v) is 18.5. The first kappa shape index (κ1) is 25.7. The molecule has 1 unspecified atom stereocenters. The van der Waals surface area contributed by atoms with Crippen molar-refractivity contribution in [3.63, 3.8) is 0 Å². The number of rotatable bonds is 14. The molecular weight excluding hydrogens is 384 g/mol. The van der Waals surface area contributed by atoms with Crippen LogP contribution in [0.25, 0.3) is 0 Å². The van der Waals surface area contributed by atoms with Crippen molar-refractivity contribution < 1.29 is 28.2 Å². The summed E-state index contributed by atoms with van der Waals surface area (Å²) in [5.41, 5.74) is 0.315. The van der Waals surface area contributed by atoms with Crippen molar-refractivity contribution >= 4 is 32.1 Å². The molecule has 9 heteroatoms. The highest BCUT2D eigenvalue weighted by Crippen LogP contribution is 2.14. The summed E-state index contributed by atoms with van der Waals surface area (Å²) in [5, 5.41) is 9.72. The molecule has 0 saturated heterocycles. The van der Waals surface area contributed by atoms with Gasteiger partial charge in [0.1, 0.15) is 28.1 Å². The third-order valence-electron chi connectivity index (χ3n) is 2.76. The van der Waals surface area contributed by atoms with Gasteiger partial charge < -0.3 is 23.4 Å². The number of aliphatic hydroxyl groups is 1. The van der Waals surface area contributed by atoms with Gasteiger partial charge in [-0.25, -0.2) is 4.79 Å². The lowest BCUT2D eigenvalue weighted by atomic mass is 10.3. The summed E-state index contributed by atoms with van der Waals surface area (Å²) in [6, 6.07) is 0.959. The fraction of sp³-hybridized carbons (Fsp3) is 0.824. The molecular formula is C17H36O6Si3. The van der Waals surface area contributed by atoms with Gasteiger partial charge in [0.15, 0.2) is 16.6 Å². The molecule has 0 aliphatic carbocycles. The molecule has 1 N–H and O–H groups in total. The van der Waals surface area contributed by atoms with Crippen molar-refractivity contribution in [2.24, 2.45) is 0 Å². The zero-order valence-electron chi connectivity index (χ0n) is 17.4. The van der Waals surface area contributed by atoms with E-state index in [1.807, 2.05) is 0 Å². The minimum Gasteiger partial charge on any atom is -0.460 e. The average Bonchev–Trinajstić information content (AvgIpc) is 2.44. The van der Waals surface area contributed by atoms with Crippen molar-refractivity contribution in [1.82, 2.24) is 0 Å². The fourth-order valence-electron chi connectivity index (χ4n) is 1.71. The van der Waals surface area contributed by atoms with E-state index in [1.165, 1.54) is 0 Å². The quantitative estimate of drug-likeness (QED) is 0.153. The number of hydrogen-bond donors (Lipinski definition) is 1. The van der Waals surface area contributed by atoms with Gasteiger partial charge in [-0.3, -0.25) is 0 Å². The summed E-state index contributed by atoms with van der Waals surface area (Å²) in [7, 11) is -2.72. The van der Waals surface area contributed by atoms with Crippen LogP contribution in [0.3, 0.4) is 0 Å². The van der Waals surface area contributed by atoms with E-state index in [0.717, 1.165) is 12.5 Å². The maximum absolute atomic E-state index is 11.2. The maximum atomic E-state index is 11.2. The first-order chi connectivity index (χ1) is 11.8. The zero-order chi connectivity index (χ0) is 20.4. The summed E-state index contributed by atoms with van der Waals surface area (Å²) in [6.45, 7) is 18.7. The van der Waals surface area contributed by atoms with Gasteiger partial charge in [0.25, 0.3) is 0 Å². The van der Waals surface area contributed by atoms with Crippen LogP contribution in [0, 0.1) is 0 Å². The highest BCUT2D eigenvalue weighted by molar-refractivity contribution is 6.71. The van der Waals surface area contributed by atoms with Gasteiger partial charge in [0, 0.05) is 12.2 Å². The van der Waals surface area contributed by atoms with Gasteiger partial charge in [-0.2, -0.15) is 0 Å². The van der Waals surface area contributed by atoms with E-state index in [2.05, 4.69) is 45.9 Å². The Balaban J connectivity index is 3.96. The molecule has 0 aliphatic rings. The molecule has 6 nitrogen and oxygen atoms in total. The van der Waals surface area contributed by atoms with Crippen molar-refractivity contribution in [3.05, 3.63) is 12.2 Å². The summed E-state index contributed by atoms with van der Waals surface area (Å²) in [5.74, 6) is -0.610. The third-order valence-corrected chi connectivity index (χ3v) is 6.29. The van der Waals surface area contributed by atoms with Gasteiger partial charge in [-0.05, 0) is 52.6 Å². The molecule has 0 aromatic heterocycles. The molecule has 0 amide bonds. The van der Waals surface area contributed by atoms with Crippen LogP contribution in [0.1, 0.15) is 13.3 Å². The van der Waals surface area contributed by atoms with Crippen LogP contribution in [0.5, 0.6) is 0 Å². The highest BCUT2D eigenvalue weighted by Gasteiger charge is 2.26. The van der Waals surface area contributed by atoms with Crippen molar-refractivity contribution in [3.8, 4) is 0 Å². The molecule has 0 aromatic carbocycles. The van der Waals surface area contributed by atoms with Gasteiger partial charge >= 0.3 is 5.97 Å². The Bertz CT molecular complexity index is 415. The second-order valence-electron chi connectivity index (χ2n) is 8.21. The van der Waals surface area contributed by atoms with Crippen LogP contribution in [0.15, 0.2) is 12.2 Å². The number of esters is 1. The topological polar surface area (TPSA) is 74.2 Å². The number of aliphatic hydroxyl groups excluding tert-OH is 1. The lowest BCUT2D eigenvalue weighted by molar-refractivity contribution is -0.143. The van der Waals surface area contributed by atoms with E-state index < -0.39 is 28.7 Å². The normalized spacial score (nSPS) is 13.7. The van der Waals surface area contributed by atoms with Crippen molar-refractivity contribution in [2.45, 2.75) is 70.7 Å². The zero-order valence-corrected chi connectivity index (χ0v) is 20.4. The maximum Gasteiger partial charge on any atom is 0.333 e. The number of ether oxygens (including phenoxy) is 2. The van der Waals surface area contributed by atoms with Crippen LogP contribution in [-0.2, 0) is 23.1 Å². The molecule has 26 heavy (non-hydrogen) atoms. The summed E-state index contributed by atoms with van der Waals surface area (Å²) in [4.78, 5) is 11.2. The Morgan fingerprint density at radius 2 is 1.62 bits per heavy atom. The molecule has 0 aliphatic heterocycles. The minimum atomic E-state index is -1.64. The molecule has 0 rings (SSSR count). The predicted molar refractivity (Wildman–Crippen MR) is 110 cm³/mol. The number of hydrogen-bond acceptors (Lipinski definition) is 6. The molecule has 0 heterocycles. The monoisotopic (exact) mass is 420 g/mol. The minimum absolute atomic E-state index is 0.0797. The number of carbonyl (C=O) groups is 1.